The number of nitrogens with zero attached hydrogens (tertiary/aromatic N) is 2. The van der Waals surface area contributed by atoms with Crippen molar-refractivity contribution in [3.05, 3.63) is 39.8 Å². The second kappa shape index (κ2) is 8.44. The molecule has 1 aliphatic carbocycles. The lowest BCUT2D eigenvalue weighted by atomic mass is 9.91. The Kier molecular flexibility index (Phi) is 5.97. The van der Waals surface area contributed by atoms with Crippen LogP contribution < -0.4 is 10.9 Å². The fourth-order valence-corrected chi connectivity index (χ4v) is 3.54. The molecular weight excluding hydrogens is 378 g/mol. The van der Waals surface area contributed by atoms with Crippen molar-refractivity contribution < 1.29 is 24.5 Å². The number of allylic oxidation sites excluding steroid dienone is 2. The fraction of sp³-hybridized carbons (Fsp3) is 0.400. The van der Waals surface area contributed by atoms with Gasteiger partial charge in [-0.25, -0.2) is 9.78 Å². The predicted octanol–water partition coefficient (Wildman–Crippen LogP) is 0.860. The van der Waals surface area contributed by atoms with Crippen molar-refractivity contribution in [1.82, 2.24) is 14.9 Å². The molecule has 0 saturated heterocycles. The second-order valence-corrected chi connectivity index (χ2v) is 6.85. The van der Waals surface area contributed by atoms with Crippen LogP contribution in [0.3, 0.4) is 0 Å². The first-order chi connectivity index (χ1) is 13.9. The number of ether oxygens (including phenoxy) is 1. The van der Waals surface area contributed by atoms with Gasteiger partial charge in [-0.2, -0.15) is 0 Å². The summed E-state index contributed by atoms with van der Waals surface area (Å²) in [6.45, 7) is -0.716. The molecule has 2 aromatic rings. The minimum atomic E-state index is -1.36. The molecule has 0 fully saturated rings. The normalized spacial score (nSPS) is 14.9. The van der Waals surface area contributed by atoms with Gasteiger partial charge >= 0.3 is 5.97 Å². The molecular formula is C20H23N3O6. The van der Waals surface area contributed by atoms with Crippen LogP contribution in [0.15, 0.2) is 23.1 Å². The SMILES string of the molecule is COC(=O)[C@H](CO)NC(=O)c1c(O)c2c(C3=CCCCC3)ccnc2n(C)c1=O. The number of amides is 1. The van der Waals surface area contributed by atoms with Gasteiger partial charge in [0.25, 0.3) is 11.5 Å². The van der Waals surface area contributed by atoms with Crippen LogP contribution in [0.5, 0.6) is 5.75 Å². The van der Waals surface area contributed by atoms with Crippen molar-refractivity contribution in [3.8, 4) is 5.75 Å². The maximum Gasteiger partial charge on any atom is 0.330 e. The molecule has 9 heteroatoms. The van der Waals surface area contributed by atoms with Crippen molar-refractivity contribution in [2.45, 2.75) is 31.7 Å². The minimum absolute atomic E-state index is 0.250. The summed E-state index contributed by atoms with van der Waals surface area (Å²) in [7, 11) is 2.57. The number of rotatable bonds is 5. The third kappa shape index (κ3) is 3.73. The van der Waals surface area contributed by atoms with Gasteiger partial charge in [0.1, 0.15) is 17.0 Å². The highest BCUT2D eigenvalue weighted by Crippen LogP contribution is 2.35. The van der Waals surface area contributed by atoms with Gasteiger partial charge in [0.2, 0.25) is 0 Å². The van der Waals surface area contributed by atoms with Gasteiger partial charge in [-0.15, -0.1) is 0 Å². The number of carbonyl (C=O) groups excluding carboxylic acids is 2. The Morgan fingerprint density at radius 3 is 2.76 bits per heavy atom. The van der Waals surface area contributed by atoms with Gasteiger partial charge in [0.15, 0.2) is 6.04 Å². The summed E-state index contributed by atoms with van der Waals surface area (Å²) in [5.74, 6) is -2.36. The molecule has 0 radical (unpaired) electrons. The van der Waals surface area contributed by atoms with E-state index in [0.29, 0.717) is 10.9 Å². The number of methoxy groups -OCH3 is 1. The van der Waals surface area contributed by atoms with Crippen molar-refractivity contribution in [2.75, 3.05) is 13.7 Å². The molecule has 0 saturated carbocycles. The zero-order valence-corrected chi connectivity index (χ0v) is 16.3. The lowest BCUT2D eigenvalue weighted by Crippen LogP contribution is -2.45. The van der Waals surface area contributed by atoms with E-state index in [1.807, 2.05) is 0 Å². The number of aromatic nitrogens is 2. The Labute approximate surface area is 166 Å². The van der Waals surface area contributed by atoms with E-state index in [2.05, 4.69) is 21.1 Å². The predicted molar refractivity (Wildman–Crippen MR) is 105 cm³/mol. The standard InChI is InChI=1S/C20H23N3O6/c1-23-17-14(12(8-9-21-17)11-6-4-3-5-7-11)16(25)15(19(23)27)18(26)22-13(10-24)20(28)29-2/h6,8-9,13,24-25H,3-5,7,10H2,1-2H3,(H,22,26)/t13-/m0/s1. The number of hydrogen-bond acceptors (Lipinski definition) is 7. The Balaban J connectivity index is 2.18. The van der Waals surface area contributed by atoms with Gasteiger partial charge in [-0.1, -0.05) is 6.08 Å². The number of fused-ring (bicyclic) bond motifs is 1. The molecule has 3 rings (SSSR count). The molecule has 0 aromatic carbocycles. The number of aryl methyl sites for hydroxylation is 1. The molecule has 2 aromatic heterocycles. The summed E-state index contributed by atoms with van der Waals surface area (Å²) in [6, 6.07) is 0.387. The maximum atomic E-state index is 12.8. The number of aromatic hydroxyl groups is 1. The monoisotopic (exact) mass is 401 g/mol. The number of carbonyl (C=O) groups is 2. The van der Waals surface area contributed by atoms with Crippen molar-refractivity contribution >= 4 is 28.5 Å². The maximum absolute atomic E-state index is 12.8. The fourth-order valence-electron chi connectivity index (χ4n) is 3.54. The van der Waals surface area contributed by atoms with E-state index in [0.717, 1.165) is 38.4 Å². The quantitative estimate of drug-likeness (QED) is 0.633. The summed E-state index contributed by atoms with van der Waals surface area (Å²) in [6.07, 6.45) is 7.47. The third-order valence-electron chi connectivity index (χ3n) is 5.08. The minimum Gasteiger partial charge on any atom is -0.506 e. The van der Waals surface area contributed by atoms with Crippen LogP contribution >= 0.6 is 0 Å². The molecule has 1 atom stereocenters. The smallest absolute Gasteiger partial charge is 0.330 e. The zero-order valence-electron chi connectivity index (χ0n) is 16.3. The topological polar surface area (TPSA) is 131 Å². The van der Waals surface area contributed by atoms with E-state index in [1.54, 1.807) is 12.3 Å². The first kappa shape index (κ1) is 20.5. The van der Waals surface area contributed by atoms with E-state index in [4.69, 9.17) is 0 Å². The highest BCUT2D eigenvalue weighted by atomic mass is 16.5. The number of aliphatic hydroxyl groups is 1. The lowest BCUT2D eigenvalue weighted by Gasteiger charge is -2.18. The van der Waals surface area contributed by atoms with E-state index >= 15 is 0 Å². The van der Waals surface area contributed by atoms with Crippen LogP contribution in [0.4, 0.5) is 0 Å². The molecule has 0 unspecified atom stereocenters. The summed E-state index contributed by atoms with van der Waals surface area (Å²) in [4.78, 5) is 41.3. The van der Waals surface area contributed by atoms with Gasteiger partial charge < -0.3 is 20.3 Å². The summed E-state index contributed by atoms with van der Waals surface area (Å²) in [5.41, 5.74) is 0.694. The highest BCUT2D eigenvalue weighted by molar-refractivity contribution is 6.05. The third-order valence-corrected chi connectivity index (χ3v) is 5.08. The number of esters is 1. The van der Waals surface area contributed by atoms with Crippen LogP contribution in [0.2, 0.25) is 0 Å². The zero-order chi connectivity index (χ0) is 21.1. The molecule has 0 spiro atoms. The molecule has 3 N–H and O–H groups in total. The number of nitrogens with one attached hydrogen (secondary N) is 1. The first-order valence-electron chi connectivity index (χ1n) is 9.30. The Morgan fingerprint density at radius 2 is 2.14 bits per heavy atom. The van der Waals surface area contributed by atoms with Crippen LogP contribution in [0.25, 0.3) is 16.6 Å². The molecule has 0 bridgehead atoms. The van der Waals surface area contributed by atoms with Crippen LogP contribution in [-0.2, 0) is 16.6 Å². The highest BCUT2D eigenvalue weighted by Gasteiger charge is 2.28. The van der Waals surface area contributed by atoms with Crippen molar-refractivity contribution in [1.29, 1.82) is 0 Å². The first-order valence-corrected chi connectivity index (χ1v) is 9.30. The Morgan fingerprint density at radius 1 is 1.38 bits per heavy atom. The summed E-state index contributed by atoms with van der Waals surface area (Å²) in [5, 5.41) is 22.8. The average Bonchev–Trinajstić information content (AvgIpc) is 2.75. The number of pyridine rings is 2. The summed E-state index contributed by atoms with van der Waals surface area (Å²) >= 11 is 0. The van der Waals surface area contributed by atoms with Crippen molar-refractivity contribution in [2.24, 2.45) is 7.05 Å². The van der Waals surface area contributed by atoms with Gasteiger partial charge in [-0.3, -0.25) is 14.2 Å². The number of hydrogen-bond donors (Lipinski definition) is 3. The molecule has 2 heterocycles. The molecule has 1 amide bonds. The second-order valence-electron chi connectivity index (χ2n) is 6.85. The lowest BCUT2D eigenvalue weighted by molar-refractivity contribution is -0.143. The van der Waals surface area contributed by atoms with Crippen LogP contribution in [-0.4, -0.2) is 51.4 Å². The Bertz CT molecular complexity index is 1060. The Hall–Kier alpha value is -3.20. The van der Waals surface area contributed by atoms with Crippen LogP contribution in [0.1, 0.15) is 41.6 Å². The largest absolute Gasteiger partial charge is 0.506 e. The van der Waals surface area contributed by atoms with Gasteiger partial charge in [-0.05, 0) is 42.9 Å². The average molecular weight is 401 g/mol. The van der Waals surface area contributed by atoms with E-state index in [-0.39, 0.29) is 5.65 Å². The van der Waals surface area contributed by atoms with E-state index in [9.17, 15) is 24.6 Å². The molecule has 9 nitrogen and oxygen atoms in total. The molecule has 1 aliphatic rings. The van der Waals surface area contributed by atoms with Gasteiger partial charge in [0.05, 0.1) is 19.1 Å². The van der Waals surface area contributed by atoms with Crippen LogP contribution in [0, 0.1) is 0 Å². The molecule has 29 heavy (non-hydrogen) atoms. The molecule has 154 valence electrons. The van der Waals surface area contributed by atoms with Gasteiger partial charge in [0, 0.05) is 13.2 Å². The van der Waals surface area contributed by atoms with E-state index in [1.165, 1.54) is 11.6 Å². The van der Waals surface area contributed by atoms with Crippen molar-refractivity contribution in [3.63, 3.8) is 0 Å². The molecule has 0 aliphatic heterocycles. The number of aliphatic hydroxyl groups excluding tert-OH is 1. The summed E-state index contributed by atoms with van der Waals surface area (Å²) < 4.78 is 5.70. The van der Waals surface area contributed by atoms with E-state index < -0.39 is 41.4 Å².